The number of ketones is 1. The standard InChI is InChI=1S/C20H16N2O3S/c1-20(15-9-4-7-13-6-2-3-8-14(13)15)18(24)22(19(25)21-20)12-16(23)17-10-5-11-26-17/h2-11H,12H2,1H3,(H,21,25)/t20-/m1/s1. The summed E-state index contributed by atoms with van der Waals surface area (Å²) in [5.41, 5.74) is -0.478. The Hall–Kier alpha value is -2.99. The Morgan fingerprint density at radius 2 is 1.85 bits per heavy atom. The van der Waals surface area contributed by atoms with Crippen molar-refractivity contribution < 1.29 is 14.4 Å². The quantitative estimate of drug-likeness (QED) is 0.569. The molecule has 5 nitrogen and oxygen atoms in total. The molecule has 3 aromatic rings. The number of carbonyl (C=O) groups is 3. The molecule has 2 heterocycles. The molecule has 3 amide bonds. The molecule has 2 aromatic carbocycles. The first-order chi connectivity index (χ1) is 12.5. The lowest BCUT2D eigenvalue weighted by molar-refractivity contribution is -0.130. The first-order valence-electron chi connectivity index (χ1n) is 8.20. The molecular weight excluding hydrogens is 348 g/mol. The highest BCUT2D eigenvalue weighted by molar-refractivity contribution is 7.12. The van der Waals surface area contributed by atoms with Crippen LogP contribution >= 0.6 is 11.3 Å². The third kappa shape index (κ3) is 2.50. The number of rotatable bonds is 4. The van der Waals surface area contributed by atoms with Crippen molar-refractivity contribution in [2.75, 3.05) is 6.54 Å². The highest BCUT2D eigenvalue weighted by atomic mass is 32.1. The van der Waals surface area contributed by atoms with Crippen LogP contribution in [0.25, 0.3) is 10.8 Å². The van der Waals surface area contributed by atoms with Gasteiger partial charge in [-0.1, -0.05) is 48.5 Å². The molecule has 0 unspecified atom stereocenters. The van der Waals surface area contributed by atoms with Crippen molar-refractivity contribution in [2.24, 2.45) is 0 Å². The molecule has 0 bridgehead atoms. The fourth-order valence-electron chi connectivity index (χ4n) is 3.34. The van der Waals surface area contributed by atoms with E-state index in [9.17, 15) is 14.4 Å². The lowest BCUT2D eigenvalue weighted by atomic mass is 9.88. The van der Waals surface area contributed by atoms with Gasteiger partial charge >= 0.3 is 6.03 Å². The summed E-state index contributed by atoms with van der Waals surface area (Å²) in [6.07, 6.45) is 0. The lowest BCUT2D eigenvalue weighted by Crippen LogP contribution is -2.41. The summed E-state index contributed by atoms with van der Waals surface area (Å²) in [6.45, 7) is 1.43. The van der Waals surface area contributed by atoms with Gasteiger partial charge in [0.25, 0.3) is 5.91 Å². The van der Waals surface area contributed by atoms with Crippen LogP contribution in [0.4, 0.5) is 4.79 Å². The van der Waals surface area contributed by atoms with E-state index in [1.165, 1.54) is 11.3 Å². The second-order valence-corrected chi connectivity index (χ2v) is 7.32. The van der Waals surface area contributed by atoms with Crippen molar-refractivity contribution in [2.45, 2.75) is 12.5 Å². The van der Waals surface area contributed by atoms with E-state index in [4.69, 9.17) is 0 Å². The summed E-state index contributed by atoms with van der Waals surface area (Å²) in [4.78, 5) is 39.4. The van der Waals surface area contributed by atoms with Crippen LogP contribution in [0.5, 0.6) is 0 Å². The minimum absolute atomic E-state index is 0.245. The maximum absolute atomic E-state index is 13.1. The summed E-state index contributed by atoms with van der Waals surface area (Å²) in [5.74, 6) is -0.658. The predicted octanol–water partition coefficient (Wildman–Crippen LogP) is 3.55. The Labute approximate surface area is 154 Å². The molecule has 0 radical (unpaired) electrons. The van der Waals surface area contributed by atoms with Gasteiger partial charge in [-0.25, -0.2) is 4.79 Å². The summed E-state index contributed by atoms with van der Waals surface area (Å²) >= 11 is 1.30. The minimum atomic E-state index is -1.20. The highest BCUT2D eigenvalue weighted by Gasteiger charge is 2.50. The number of nitrogens with zero attached hydrogens (tertiary/aromatic N) is 1. The smallest absolute Gasteiger partial charge is 0.319 e. The summed E-state index contributed by atoms with van der Waals surface area (Å²) in [5, 5.41) is 6.46. The van der Waals surface area contributed by atoms with E-state index in [0.717, 1.165) is 21.2 Å². The zero-order valence-electron chi connectivity index (χ0n) is 14.1. The molecule has 0 spiro atoms. The molecule has 1 aliphatic rings. The molecule has 4 rings (SSSR count). The zero-order chi connectivity index (χ0) is 18.3. The predicted molar refractivity (Wildman–Crippen MR) is 100 cm³/mol. The Bertz CT molecular complexity index is 1020. The van der Waals surface area contributed by atoms with Crippen molar-refractivity contribution in [3.8, 4) is 0 Å². The fraction of sp³-hybridized carbons (Fsp3) is 0.150. The Kier molecular flexibility index (Phi) is 3.85. The van der Waals surface area contributed by atoms with Crippen molar-refractivity contribution in [1.82, 2.24) is 10.2 Å². The van der Waals surface area contributed by atoms with Crippen LogP contribution in [-0.2, 0) is 10.3 Å². The largest absolute Gasteiger partial charge is 0.325 e. The molecule has 130 valence electrons. The Morgan fingerprint density at radius 1 is 1.08 bits per heavy atom. The van der Waals surface area contributed by atoms with Crippen LogP contribution in [0.1, 0.15) is 22.2 Å². The molecule has 6 heteroatoms. The van der Waals surface area contributed by atoms with Gasteiger partial charge in [0, 0.05) is 0 Å². The molecule has 1 atom stereocenters. The topological polar surface area (TPSA) is 66.5 Å². The second-order valence-electron chi connectivity index (χ2n) is 6.37. The van der Waals surface area contributed by atoms with E-state index in [-0.39, 0.29) is 12.3 Å². The number of imide groups is 1. The van der Waals surface area contributed by atoms with Gasteiger partial charge in [-0.05, 0) is 34.7 Å². The van der Waals surface area contributed by atoms with Crippen LogP contribution in [0, 0.1) is 0 Å². The molecule has 1 aromatic heterocycles. The van der Waals surface area contributed by atoms with E-state index in [2.05, 4.69) is 5.32 Å². The molecule has 0 aliphatic carbocycles. The minimum Gasteiger partial charge on any atom is -0.319 e. The highest BCUT2D eigenvalue weighted by Crippen LogP contribution is 2.33. The van der Waals surface area contributed by atoms with E-state index in [1.54, 1.807) is 24.4 Å². The van der Waals surface area contributed by atoms with Gasteiger partial charge in [0.1, 0.15) is 5.54 Å². The van der Waals surface area contributed by atoms with Crippen molar-refractivity contribution in [3.63, 3.8) is 0 Å². The maximum Gasteiger partial charge on any atom is 0.325 e. The van der Waals surface area contributed by atoms with Crippen LogP contribution in [0.15, 0.2) is 60.0 Å². The first-order valence-corrected chi connectivity index (χ1v) is 9.08. The first kappa shape index (κ1) is 16.5. The number of hydrogen-bond acceptors (Lipinski definition) is 4. The molecule has 1 N–H and O–H groups in total. The van der Waals surface area contributed by atoms with Crippen LogP contribution in [0.2, 0.25) is 0 Å². The van der Waals surface area contributed by atoms with E-state index >= 15 is 0 Å². The summed E-state index contributed by atoms with van der Waals surface area (Å²) < 4.78 is 0. The molecule has 1 saturated heterocycles. The van der Waals surface area contributed by atoms with Crippen molar-refractivity contribution in [1.29, 1.82) is 0 Å². The molecule has 0 saturated carbocycles. The average Bonchev–Trinajstić information content (AvgIpc) is 3.25. The summed E-state index contributed by atoms with van der Waals surface area (Å²) in [6, 6.07) is 16.3. The van der Waals surface area contributed by atoms with E-state index < -0.39 is 17.5 Å². The fourth-order valence-corrected chi connectivity index (χ4v) is 4.00. The SMILES string of the molecule is C[C@]1(c2cccc3ccccc23)NC(=O)N(CC(=O)c2cccs2)C1=O. The second kappa shape index (κ2) is 6.07. The van der Waals surface area contributed by atoms with Gasteiger partial charge in [-0.2, -0.15) is 0 Å². The van der Waals surface area contributed by atoms with Gasteiger partial charge < -0.3 is 5.32 Å². The average molecular weight is 364 g/mol. The van der Waals surface area contributed by atoms with Gasteiger partial charge in [0.15, 0.2) is 5.78 Å². The van der Waals surface area contributed by atoms with Gasteiger partial charge in [-0.3, -0.25) is 14.5 Å². The monoisotopic (exact) mass is 364 g/mol. The number of fused-ring (bicyclic) bond motifs is 1. The van der Waals surface area contributed by atoms with Gasteiger partial charge in [-0.15, -0.1) is 11.3 Å². The number of carbonyl (C=O) groups excluding carboxylic acids is 3. The lowest BCUT2D eigenvalue weighted by Gasteiger charge is -2.24. The van der Waals surface area contributed by atoms with Gasteiger partial charge in [0.05, 0.1) is 11.4 Å². The molecule has 1 aliphatic heterocycles. The zero-order valence-corrected chi connectivity index (χ0v) is 14.9. The number of thiophene rings is 1. The summed E-state index contributed by atoms with van der Waals surface area (Å²) in [7, 11) is 0. The maximum atomic E-state index is 13.1. The molecule has 1 fully saturated rings. The number of amides is 3. The molecular formula is C20H16N2O3S. The number of hydrogen-bond donors (Lipinski definition) is 1. The number of nitrogens with one attached hydrogen (secondary N) is 1. The third-order valence-electron chi connectivity index (χ3n) is 4.70. The van der Waals surface area contributed by atoms with Crippen molar-refractivity contribution in [3.05, 3.63) is 70.4 Å². The van der Waals surface area contributed by atoms with E-state index in [1.807, 2.05) is 42.5 Å². The normalized spacial score (nSPS) is 19.8. The number of Topliss-reactive ketones (excluding diaryl/α,β-unsaturated/α-hetero) is 1. The van der Waals surface area contributed by atoms with E-state index in [0.29, 0.717) is 4.88 Å². The van der Waals surface area contributed by atoms with Gasteiger partial charge in [0.2, 0.25) is 0 Å². The van der Waals surface area contributed by atoms with Crippen LogP contribution < -0.4 is 5.32 Å². The molecule has 26 heavy (non-hydrogen) atoms. The number of benzene rings is 2. The Morgan fingerprint density at radius 3 is 2.62 bits per heavy atom. The van der Waals surface area contributed by atoms with Crippen LogP contribution in [0.3, 0.4) is 0 Å². The third-order valence-corrected chi connectivity index (χ3v) is 5.61. The van der Waals surface area contributed by atoms with Crippen LogP contribution in [-0.4, -0.2) is 29.2 Å². The van der Waals surface area contributed by atoms with Crippen molar-refractivity contribution >= 4 is 39.8 Å². The Balaban J connectivity index is 1.70. The number of urea groups is 1.